The molecule has 0 spiro atoms. The van der Waals surface area contributed by atoms with Crippen molar-refractivity contribution in [3.63, 3.8) is 0 Å². The standard InChI is InChI=1S/C39H40N4O3/c1-28(2)23-36(42-37(45)35-22-14-13-15-29(35)3)38(46)41-34(26-44)24-33-25-43(27-40-33)39(30-16-7-4-8-17-30,31-18-9-5-10-19-31)32-20-11-6-12-21-32/h4-22,25-28,34,36H,23-24H2,1-3H3,(H,41,46)(H,42,45)/t34-,36-/m0/s1. The van der Waals surface area contributed by atoms with Crippen LogP contribution in [-0.4, -0.2) is 39.7 Å². The van der Waals surface area contributed by atoms with Gasteiger partial charge in [0.1, 0.15) is 17.9 Å². The summed E-state index contributed by atoms with van der Waals surface area (Å²) < 4.78 is 2.08. The van der Waals surface area contributed by atoms with E-state index in [1.54, 1.807) is 18.5 Å². The lowest BCUT2D eigenvalue weighted by Crippen LogP contribution is -2.51. The van der Waals surface area contributed by atoms with Gasteiger partial charge in [-0.2, -0.15) is 0 Å². The van der Waals surface area contributed by atoms with Gasteiger partial charge in [0.2, 0.25) is 5.91 Å². The van der Waals surface area contributed by atoms with Crippen LogP contribution in [0.25, 0.3) is 0 Å². The van der Waals surface area contributed by atoms with Gasteiger partial charge in [-0.1, -0.05) is 123 Å². The van der Waals surface area contributed by atoms with Gasteiger partial charge in [-0.05, 0) is 47.6 Å². The summed E-state index contributed by atoms with van der Waals surface area (Å²) in [6.45, 7) is 5.83. The van der Waals surface area contributed by atoms with Crippen molar-refractivity contribution in [3.8, 4) is 0 Å². The van der Waals surface area contributed by atoms with Crippen molar-refractivity contribution in [1.82, 2.24) is 20.2 Å². The Kier molecular flexibility index (Phi) is 10.2. The number of hydrogen-bond donors (Lipinski definition) is 2. The smallest absolute Gasteiger partial charge is 0.252 e. The quantitative estimate of drug-likeness (QED) is 0.124. The number of benzene rings is 4. The van der Waals surface area contributed by atoms with Crippen molar-refractivity contribution in [2.75, 3.05) is 0 Å². The summed E-state index contributed by atoms with van der Waals surface area (Å²) >= 11 is 0. The molecular weight excluding hydrogens is 572 g/mol. The van der Waals surface area contributed by atoms with Crippen LogP contribution >= 0.6 is 0 Å². The zero-order chi connectivity index (χ0) is 32.5. The summed E-state index contributed by atoms with van der Waals surface area (Å²) in [6, 6.07) is 36.4. The third-order valence-electron chi connectivity index (χ3n) is 8.24. The van der Waals surface area contributed by atoms with E-state index < -0.39 is 23.5 Å². The highest BCUT2D eigenvalue weighted by atomic mass is 16.2. The normalized spacial score (nSPS) is 12.7. The number of imidazole rings is 1. The number of amides is 2. The fourth-order valence-corrected chi connectivity index (χ4v) is 6.05. The Balaban J connectivity index is 1.43. The van der Waals surface area contributed by atoms with Crippen LogP contribution in [0.3, 0.4) is 0 Å². The molecule has 0 aliphatic rings. The first-order chi connectivity index (χ1) is 22.3. The lowest BCUT2D eigenvalue weighted by Gasteiger charge is -2.37. The second-order valence-corrected chi connectivity index (χ2v) is 12.0. The maximum absolute atomic E-state index is 13.5. The number of aromatic nitrogens is 2. The molecule has 2 amide bonds. The van der Waals surface area contributed by atoms with Crippen LogP contribution in [0, 0.1) is 12.8 Å². The van der Waals surface area contributed by atoms with Crippen LogP contribution in [0.5, 0.6) is 0 Å². The van der Waals surface area contributed by atoms with E-state index in [0.29, 0.717) is 17.7 Å². The van der Waals surface area contributed by atoms with Gasteiger partial charge in [0.05, 0.1) is 18.1 Å². The summed E-state index contributed by atoms with van der Waals surface area (Å²) in [5, 5.41) is 5.75. The molecule has 7 nitrogen and oxygen atoms in total. The molecule has 0 bridgehead atoms. The highest BCUT2D eigenvalue weighted by Crippen LogP contribution is 2.40. The molecule has 0 fully saturated rings. The zero-order valence-electron chi connectivity index (χ0n) is 26.5. The zero-order valence-corrected chi connectivity index (χ0v) is 26.5. The molecule has 2 N–H and O–H groups in total. The molecular formula is C39H40N4O3. The summed E-state index contributed by atoms with van der Waals surface area (Å²) in [7, 11) is 0. The Morgan fingerprint density at radius 2 is 1.30 bits per heavy atom. The van der Waals surface area contributed by atoms with E-state index in [1.807, 2.05) is 93.7 Å². The number of carbonyl (C=O) groups excluding carboxylic acids is 3. The molecule has 1 heterocycles. The second kappa shape index (κ2) is 14.7. The molecule has 5 rings (SSSR count). The molecule has 0 saturated carbocycles. The van der Waals surface area contributed by atoms with Crippen molar-refractivity contribution in [2.45, 2.75) is 51.2 Å². The largest absolute Gasteiger partial charge is 0.344 e. The van der Waals surface area contributed by atoms with Gasteiger partial charge in [0.15, 0.2) is 0 Å². The van der Waals surface area contributed by atoms with Gasteiger partial charge in [-0.25, -0.2) is 4.98 Å². The molecule has 0 saturated heterocycles. The molecule has 5 aromatic rings. The Morgan fingerprint density at radius 3 is 1.80 bits per heavy atom. The molecule has 0 unspecified atom stereocenters. The number of carbonyl (C=O) groups is 3. The van der Waals surface area contributed by atoms with Crippen molar-refractivity contribution in [2.24, 2.45) is 5.92 Å². The highest BCUT2D eigenvalue weighted by Gasteiger charge is 2.38. The molecule has 1 aromatic heterocycles. The first-order valence-corrected chi connectivity index (χ1v) is 15.6. The molecule has 0 aliphatic carbocycles. The second-order valence-electron chi connectivity index (χ2n) is 12.0. The van der Waals surface area contributed by atoms with E-state index >= 15 is 0 Å². The van der Waals surface area contributed by atoms with Crippen LogP contribution < -0.4 is 10.6 Å². The number of aldehydes is 1. The minimum Gasteiger partial charge on any atom is -0.344 e. The van der Waals surface area contributed by atoms with Gasteiger partial charge >= 0.3 is 0 Å². The molecule has 0 radical (unpaired) electrons. The Bertz CT molecular complexity index is 1650. The topological polar surface area (TPSA) is 93.1 Å². The summed E-state index contributed by atoms with van der Waals surface area (Å²) in [4.78, 5) is 43.6. The fraction of sp³-hybridized carbons (Fsp3) is 0.231. The average molecular weight is 613 g/mol. The first kappa shape index (κ1) is 32.1. The van der Waals surface area contributed by atoms with E-state index in [9.17, 15) is 14.4 Å². The van der Waals surface area contributed by atoms with Crippen LogP contribution in [-0.2, 0) is 21.5 Å². The summed E-state index contributed by atoms with van der Waals surface area (Å²) in [5.74, 6) is -0.584. The van der Waals surface area contributed by atoms with Crippen LogP contribution in [0.15, 0.2) is 128 Å². The van der Waals surface area contributed by atoms with E-state index in [1.165, 1.54) is 0 Å². The third-order valence-corrected chi connectivity index (χ3v) is 8.24. The predicted octanol–water partition coefficient (Wildman–Crippen LogP) is 6.10. The minimum absolute atomic E-state index is 0.139. The van der Waals surface area contributed by atoms with Crippen molar-refractivity contribution < 1.29 is 14.4 Å². The van der Waals surface area contributed by atoms with Gasteiger partial charge in [0.25, 0.3) is 5.91 Å². The third kappa shape index (κ3) is 6.99. The molecule has 2 atom stereocenters. The van der Waals surface area contributed by atoms with Crippen LogP contribution in [0.1, 0.15) is 58.6 Å². The Labute approximate surface area is 270 Å². The van der Waals surface area contributed by atoms with E-state index in [4.69, 9.17) is 4.98 Å². The van der Waals surface area contributed by atoms with Crippen molar-refractivity contribution >= 4 is 18.1 Å². The highest BCUT2D eigenvalue weighted by molar-refractivity contribution is 5.98. The summed E-state index contributed by atoms with van der Waals surface area (Å²) in [5.41, 5.74) is 4.40. The fourth-order valence-electron chi connectivity index (χ4n) is 6.05. The number of hydrogen-bond acceptors (Lipinski definition) is 4. The van der Waals surface area contributed by atoms with Gasteiger partial charge in [0, 0.05) is 18.2 Å². The lowest BCUT2D eigenvalue weighted by molar-refractivity contribution is -0.126. The van der Waals surface area contributed by atoms with E-state index in [2.05, 4.69) is 51.6 Å². The van der Waals surface area contributed by atoms with E-state index in [-0.39, 0.29) is 18.2 Å². The van der Waals surface area contributed by atoms with Gasteiger partial charge in [-0.3, -0.25) is 9.59 Å². The van der Waals surface area contributed by atoms with Crippen molar-refractivity contribution in [3.05, 3.63) is 161 Å². The SMILES string of the molecule is Cc1ccccc1C(=O)N[C@@H](CC(C)C)C(=O)N[C@H](C=O)Cc1cn(C(c2ccccc2)(c2ccccc2)c2ccccc2)cn1. The number of aryl methyl sites for hydroxylation is 1. The Morgan fingerprint density at radius 1 is 0.783 bits per heavy atom. The molecule has 4 aromatic carbocycles. The lowest BCUT2D eigenvalue weighted by atomic mass is 9.77. The number of nitrogens with one attached hydrogen (secondary N) is 2. The van der Waals surface area contributed by atoms with Gasteiger partial charge < -0.3 is 20.0 Å². The summed E-state index contributed by atoms with van der Waals surface area (Å²) in [6.07, 6.45) is 5.08. The molecule has 46 heavy (non-hydrogen) atoms. The average Bonchev–Trinajstić information content (AvgIpc) is 3.54. The minimum atomic E-state index is -0.833. The van der Waals surface area contributed by atoms with Crippen LogP contribution in [0.2, 0.25) is 0 Å². The molecule has 234 valence electrons. The monoisotopic (exact) mass is 612 g/mol. The molecule has 7 heteroatoms. The van der Waals surface area contributed by atoms with Crippen LogP contribution in [0.4, 0.5) is 0 Å². The molecule has 0 aliphatic heterocycles. The first-order valence-electron chi connectivity index (χ1n) is 15.6. The van der Waals surface area contributed by atoms with E-state index in [0.717, 1.165) is 28.5 Å². The maximum atomic E-state index is 13.5. The number of rotatable bonds is 13. The maximum Gasteiger partial charge on any atom is 0.252 e. The van der Waals surface area contributed by atoms with Crippen molar-refractivity contribution in [1.29, 1.82) is 0 Å². The predicted molar refractivity (Wildman–Crippen MR) is 180 cm³/mol. The van der Waals surface area contributed by atoms with Gasteiger partial charge in [-0.15, -0.1) is 0 Å². The number of nitrogens with zero attached hydrogens (tertiary/aromatic N) is 2. The Hall–Kier alpha value is -5.30.